The third-order valence-electron chi connectivity index (χ3n) is 4.60. The topological polar surface area (TPSA) is 62.1 Å². The smallest absolute Gasteiger partial charge is 0.266 e. The fourth-order valence-corrected chi connectivity index (χ4v) is 3.60. The first-order chi connectivity index (χ1) is 14.9. The van der Waals surface area contributed by atoms with Crippen LogP contribution in [0.25, 0.3) is 6.08 Å². The third kappa shape index (κ3) is 5.97. The van der Waals surface area contributed by atoms with E-state index in [1.54, 1.807) is 18.2 Å². The first-order valence-electron chi connectivity index (χ1n) is 9.53. The van der Waals surface area contributed by atoms with Crippen molar-refractivity contribution >= 4 is 45.2 Å². The Morgan fingerprint density at radius 3 is 2.61 bits per heavy atom. The summed E-state index contributed by atoms with van der Waals surface area (Å²) in [5.41, 5.74) is 4.31. The molecular formula is C25H20BrClN2O2. The lowest BCUT2D eigenvalue weighted by molar-refractivity contribution is -0.112. The number of carbonyl (C=O) groups is 1. The minimum absolute atomic E-state index is 0.0158. The predicted molar refractivity (Wildman–Crippen MR) is 128 cm³/mol. The van der Waals surface area contributed by atoms with Gasteiger partial charge in [0.25, 0.3) is 5.91 Å². The van der Waals surface area contributed by atoms with Crippen molar-refractivity contribution in [3.05, 3.63) is 98.0 Å². The summed E-state index contributed by atoms with van der Waals surface area (Å²) in [5, 5.41) is 12.7. The van der Waals surface area contributed by atoms with Gasteiger partial charge in [-0.25, -0.2) is 0 Å². The molecule has 0 aromatic heterocycles. The average Bonchev–Trinajstić information content (AvgIpc) is 2.74. The summed E-state index contributed by atoms with van der Waals surface area (Å²) in [7, 11) is 0. The summed E-state index contributed by atoms with van der Waals surface area (Å²) in [6.45, 7) is 4.25. The van der Waals surface area contributed by atoms with Crippen molar-refractivity contribution in [1.82, 2.24) is 0 Å². The summed E-state index contributed by atoms with van der Waals surface area (Å²) >= 11 is 9.85. The third-order valence-corrected chi connectivity index (χ3v) is 5.67. The van der Waals surface area contributed by atoms with Crippen molar-refractivity contribution in [2.24, 2.45) is 0 Å². The number of anilines is 1. The Labute approximate surface area is 195 Å². The lowest BCUT2D eigenvalue weighted by Crippen LogP contribution is -2.14. The number of halogens is 2. The molecule has 0 fully saturated rings. The quantitative estimate of drug-likeness (QED) is 0.301. The Morgan fingerprint density at radius 1 is 1.16 bits per heavy atom. The summed E-state index contributed by atoms with van der Waals surface area (Å²) in [4.78, 5) is 12.6. The van der Waals surface area contributed by atoms with E-state index < -0.39 is 5.91 Å². The zero-order valence-corrected chi connectivity index (χ0v) is 19.4. The van der Waals surface area contributed by atoms with Crippen LogP contribution in [0.4, 0.5) is 5.69 Å². The fraction of sp³-hybridized carbons (Fsp3) is 0.120. The number of amides is 1. The lowest BCUT2D eigenvalue weighted by atomic mass is 10.1. The van der Waals surface area contributed by atoms with Crippen LogP contribution >= 0.6 is 27.5 Å². The highest BCUT2D eigenvalue weighted by Crippen LogP contribution is 2.28. The molecule has 0 saturated heterocycles. The van der Waals surface area contributed by atoms with E-state index in [-0.39, 0.29) is 5.57 Å². The van der Waals surface area contributed by atoms with Gasteiger partial charge in [0.2, 0.25) is 0 Å². The summed E-state index contributed by atoms with van der Waals surface area (Å²) in [6.07, 6.45) is 1.50. The predicted octanol–water partition coefficient (Wildman–Crippen LogP) is 6.84. The Hall–Kier alpha value is -3.07. The highest BCUT2D eigenvalue weighted by molar-refractivity contribution is 9.10. The molecule has 0 spiro atoms. The van der Waals surface area contributed by atoms with Crippen LogP contribution in [0, 0.1) is 25.2 Å². The number of benzene rings is 3. The van der Waals surface area contributed by atoms with Gasteiger partial charge in [-0.05, 0) is 55.3 Å². The highest BCUT2D eigenvalue weighted by Gasteiger charge is 2.12. The van der Waals surface area contributed by atoms with E-state index in [2.05, 4.69) is 21.2 Å². The number of hydrogen-bond donors (Lipinski definition) is 1. The van der Waals surface area contributed by atoms with Gasteiger partial charge in [0.1, 0.15) is 24.0 Å². The molecule has 3 aromatic carbocycles. The minimum Gasteiger partial charge on any atom is -0.487 e. The molecule has 31 heavy (non-hydrogen) atoms. The van der Waals surface area contributed by atoms with Gasteiger partial charge in [-0.15, -0.1) is 0 Å². The van der Waals surface area contributed by atoms with Crippen LogP contribution in [0.15, 0.2) is 70.7 Å². The molecule has 0 unspecified atom stereocenters. The lowest BCUT2D eigenvalue weighted by Gasteiger charge is -2.10. The zero-order valence-electron chi connectivity index (χ0n) is 17.1. The molecule has 0 heterocycles. The maximum atomic E-state index is 12.6. The second-order valence-corrected chi connectivity index (χ2v) is 8.27. The first kappa shape index (κ1) is 22.6. The largest absolute Gasteiger partial charge is 0.487 e. The van der Waals surface area contributed by atoms with Crippen LogP contribution in [0.1, 0.15) is 22.3 Å². The Morgan fingerprint density at radius 2 is 1.94 bits per heavy atom. The molecule has 3 rings (SSSR count). The van der Waals surface area contributed by atoms with Crippen LogP contribution in [-0.4, -0.2) is 5.91 Å². The van der Waals surface area contributed by atoms with Crippen LogP contribution in [0.2, 0.25) is 5.02 Å². The summed E-state index contributed by atoms with van der Waals surface area (Å²) < 4.78 is 6.77. The molecule has 0 saturated carbocycles. The molecule has 156 valence electrons. The van der Waals surface area contributed by atoms with E-state index in [0.29, 0.717) is 28.6 Å². The zero-order chi connectivity index (χ0) is 22.4. The van der Waals surface area contributed by atoms with E-state index in [9.17, 15) is 10.1 Å². The van der Waals surface area contributed by atoms with E-state index in [4.69, 9.17) is 16.3 Å². The normalized spacial score (nSPS) is 11.0. The van der Waals surface area contributed by atoms with E-state index in [0.717, 1.165) is 21.2 Å². The van der Waals surface area contributed by atoms with Crippen molar-refractivity contribution in [2.45, 2.75) is 20.5 Å². The van der Waals surface area contributed by atoms with Crippen molar-refractivity contribution < 1.29 is 9.53 Å². The molecule has 6 heteroatoms. The molecule has 1 N–H and O–H groups in total. The Kier molecular flexibility index (Phi) is 7.51. The number of ether oxygens (including phenoxy) is 1. The number of carbonyl (C=O) groups excluding carboxylic acids is 1. The molecular weight excluding hydrogens is 476 g/mol. The second kappa shape index (κ2) is 10.3. The van der Waals surface area contributed by atoms with Gasteiger partial charge in [0.15, 0.2) is 0 Å². The Bertz CT molecular complexity index is 1200. The summed E-state index contributed by atoms with van der Waals surface area (Å²) in [6, 6.07) is 20.6. The number of nitrogens with one attached hydrogen (secondary N) is 1. The maximum absolute atomic E-state index is 12.6. The monoisotopic (exact) mass is 494 g/mol. The first-order valence-corrected chi connectivity index (χ1v) is 10.7. The number of aryl methyl sites for hydroxylation is 2. The minimum atomic E-state index is -0.472. The van der Waals surface area contributed by atoms with Crippen molar-refractivity contribution in [1.29, 1.82) is 5.26 Å². The van der Waals surface area contributed by atoms with Crippen LogP contribution in [0.3, 0.4) is 0 Å². The van der Waals surface area contributed by atoms with Gasteiger partial charge in [0, 0.05) is 15.7 Å². The number of nitrogens with zero attached hydrogens (tertiary/aromatic N) is 1. The van der Waals surface area contributed by atoms with Gasteiger partial charge < -0.3 is 10.1 Å². The van der Waals surface area contributed by atoms with E-state index in [1.165, 1.54) is 6.08 Å². The van der Waals surface area contributed by atoms with Crippen molar-refractivity contribution in [3.63, 3.8) is 0 Å². The molecule has 0 aliphatic heterocycles. The number of rotatable bonds is 6. The average molecular weight is 496 g/mol. The molecule has 4 nitrogen and oxygen atoms in total. The molecule has 0 radical (unpaired) electrons. The van der Waals surface area contributed by atoms with Gasteiger partial charge in [0.05, 0.1) is 5.02 Å². The van der Waals surface area contributed by atoms with Gasteiger partial charge in [-0.2, -0.15) is 5.26 Å². The maximum Gasteiger partial charge on any atom is 0.266 e. The van der Waals surface area contributed by atoms with Gasteiger partial charge >= 0.3 is 0 Å². The van der Waals surface area contributed by atoms with E-state index >= 15 is 0 Å². The number of nitriles is 1. The molecule has 1 amide bonds. The van der Waals surface area contributed by atoms with Gasteiger partial charge in [-0.1, -0.05) is 69.5 Å². The SMILES string of the molecule is Cc1ccc(NC(=O)/C(C#N)=C/c2ccc(OCc3ccccc3Br)c(Cl)c2)c(C)c1. The molecule has 0 aliphatic rings. The van der Waals surface area contributed by atoms with Crippen molar-refractivity contribution in [2.75, 3.05) is 5.32 Å². The molecule has 0 bridgehead atoms. The molecule has 3 aromatic rings. The standard InChI is InChI=1S/C25H20BrClN2O2/c1-16-7-9-23(17(2)11-16)29-25(30)20(14-28)12-18-8-10-24(22(27)13-18)31-15-19-5-3-4-6-21(19)26/h3-13H,15H2,1-2H3,(H,29,30)/b20-12+. The van der Waals surface area contributed by atoms with Crippen LogP contribution < -0.4 is 10.1 Å². The van der Waals surface area contributed by atoms with Crippen LogP contribution in [-0.2, 0) is 11.4 Å². The fourth-order valence-electron chi connectivity index (χ4n) is 2.95. The van der Waals surface area contributed by atoms with E-state index in [1.807, 2.05) is 62.4 Å². The Balaban J connectivity index is 1.73. The van der Waals surface area contributed by atoms with Crippen LogP contribution in [0.5, 0.6) is 5.75 Å². The number of hydrogen-bond acceptors (Lipinski definition) is 3. The molecule has 0 atom stereocenters. The summed E-state index contributed by atoms with van der Waals surface area (Å²) in [5.74, 6) is 0.0487. The van der Waals surface area contributed by atoms with Crippen molar-refractivity contribution in [3.8, 4) is 11.8 Å². The van der Waals surface area contributed by atoms with Gasteiger partial charge in [-0.3, -0.25) is 4.79 Å². The highest BCUT2D eigenvalue weighted by atomic mass is 79.9. The molecule has 0 aliphatic carbocycles. The second-order valence-electron chi connectivity index (χ2n) is 7.01.